The molecule has 6 heteroatoms. The molecule has 0 spiro atoms. The molecule has 0 bridgehead atoms. The highest BCUT2D eigenvalue weighted by Crippen LogP contribution is 2.29. The van der Waals surface area contributed by atoms with Crippen LogP contribution in [-0.2, 0) is 6.54 Å². The van der Waals surface area contributed by atoms with E-state index < -0.39 is 0 Å². The van der Waals surface area contributed by atoms with Gasteiger partial charge in [0, 0.05) is 11.4 Å². The Morgan fingerprint density at radius 2 is 2.41 bits per heavy atom. The maximum atomic E-state index is 10.7. The van der Waals surface area contributed by atoms with Crippen molar-refractivity contribution in [3.63, 3.8) is 0 Å². The number of carbonyl (C=O) groups excluding carboxylic acids is 1. The van der Waals surface area contributed by atoms with Crippen LogP contribution in [0.4, 0.5) is 5.13 Å². The van der Waals surface area contributed by atoms with Crippen molar-refractivity contribution in [3.8, 4) is 0 Å². The first kappa shape index (κ1) is 12.5. The molecule has 0 radical (unpaired) electrons. The average Bonchev–Trinajstić information content (AvgIpc) is 2.95. The largest absolute Gasteiger partial charge is 0.343 e. The highest BCUT2D eigenvalue weighted by atomic mass is 35.5. The summed E-state index contributed by atoms with van der Waals surface area (Å²) >= 11 is 8.92. The van der Waals surface area contributed by atoms with Crippen LogP contribution in [0.3, 0.4) is 0 Å². The highest BCUT2D eigenvalue weighted by Gasteiger charge is 2.14. The topological polar surface area (TPSA) is 33.2 Å². The molecule has 2 rings (SSSR count). The van der Waals surface area contributed by atoms with E-state index in [0.717, 1.165) is 24.5 Å². The summed E-state index contributed by atoms with van der Waals surface area (Å²) in [6.07, 6.45) is 0.752. The zero-order chi connectivity index (χ0) is 12.3. The van der Waals surface area contributed by atoms with Gasteiger partial charge in [-0.15, -0.1) is 11.3 Å². The fraction of sp³-hybridized carbons (Fsp3) is 0.273. The Kier molecular flexibility index (Phi) is 4.15. The molecule has 2 aromatic rings. The van der Waals surface area contributed by atoms with Gasteiger partial charge in [0.15, 0.2) is 16.6 Å². The minimum atomic E-state index is 0.296. The number of rotatable bonds is 5. The van der Waals surface area contributed by atoms with Gasteiger partial charge >= 0.3 is 0 Å². The van der Waals surface area contributed by atoms with E-state index in [4.69, 9.17) is 11.6 Å². The van der Waals surface area contributed by atoms with Crippen molar-refractivity contribution in [2.75, 3.05) is 11.4 Å². The second kappa shape index (κ2) is 5.62. The number of carbonyl (C=O) groups is 1. The summed E-state index contributed by atoms with van der Waals surface area (Å²) in [7, 11) is 0. The molecule has 2 aromatic heterocycles. The van der Waals surface area contributed by atoms with Gasteiger partial charge in [-0.05, 0) is 18.4 Å². The van der Waals surface area contributed by atoms with Gasteiger partial charge in [-0.3, -0.25) is 4.79 Å². The SMILES string of the molecule is CCN(Cc1cccs1)c1nc(Cl)c(C=O)s1. The average molecular weight is 287 g/mol. The molecule has 0 unspecified atom stereocenters. The number of nitrogens with zero attached hydrogens (tertiary/aromatic N) is 2. The van der Waals surface area contributed by atoms with Crippen molar-refractivity contribution in [2.45, 2.75) is 13.5 Å². The molecule has 0 saturated carbocycles. The third-order valence-electron chi connectivity index (χ3n) is 2.28. The van der Waals surface area contributed by atoms with E-state index in [1.165, 1.54) is 16.2 Å². The Bertz CT molecular complexity index is 496. The number of aromatic nitrogens is 1. The van der Waals surface area contributed by atoms with Crippen LogP contribution in [-0.4, -0.2) is 17.8 Å². The molecule has 0 aromatic carbocycles. The predicted octanol–water partition coefficient (Wildman–Crippen LogP) is 3.70. The van der Waals surface area contributed by atoms with Crippen LogP contribution in [0.5, 0.6) is 0 Å². The Labute approximate surface area is 113 Å². The minimum absolute atomic E-state index is 0.296. The van der Waals surface area contributed by atoms with Gasteiger partial charge in [-0.1, -0.05) is 29.0 Å². The Morgan fingerprint density at radius 1 is 1.59 bits per heavy atom. The van der Waals surface area contributed by atoms with Crippen LogP contribution in [0, 0.1) is 0 Å². The molecule has 0 fully saturated rings. The maximum absolute atomic E-state index is 10.7. The van der Waals surface area contributed by atoms with Gasteiger partial charge < -0.3 is 4.90 Å². The van der Waals surface area contributed by atoms with Crippen LogP contribution < -0.4 is 4.90 Å². The van der Waals surface area contributed by atoms with Gasteiger partial charge in [0.05, 0.1) is 6.54 Å². The van der Waals surface area contributed by atoms with E-state index in [2.05, 4.69) is 28.3 Å². The van der Waals surface area contributed by atoms with E-state index in [-0.39, 0.29) is 0 Å². The zero-order valence-corrected chi connectivity index (χ0v) is 11.6. The highest BCUT2D eigenvalue weighted by molar-refractivity contribution is 7.17. The third-order valence-corrected chi connectivity index (χ3v) is 4.59. The molecule has 3 nitrogen and oxygen atoms in total. The van der Waals surface area contributed by atoms with Gasteiger partial charge in [0.1, 0.15) is 4.88 Å². The molecule has 90 valence electrons. The van der Waals surface area contributed by atoms with Crippen LogP contribution in [0.25, 0.3) is 0 Å². The minimum Gasteiger partial charge on any atom is -0.343 e. The molecule has 0 saturated heterocycles. The first-order valence-electron chi connectivity index (χ1n) is 5.13. The number of hydrogen-bond acceptors (Lipinski definition) is 5. The van der Waals surface area contributed by atoms with Gasteiger partial charge in [-0.2, -0.15) is 0 Å². The summed E-state index contributed by atoms with van der Waals surface area (Å²) in [5, 5.41) is 3.15. The number of aldehydes is 1. The number of thiazole rings is 1. The number of halogens is 1. The molecule has 0 N–H and O–H groups in total. The molecule has 0 atom stereocenters. The van der Waals surface area contributed by atoms with Crippen molar-refractivity contribution < 1.29 is 4.79 Å². The lowest BCUT2D eigenvalue weighted by Crippen LogP contribution is -2.21. The van der Waals surface area contributed by atoms with Crippen LogP contribution in [0.2, 0.25) is 5.15 Å². The lowest BCUT2D eigenvalue weighted by atomic mass is 10.4. The third kappa shape index (κ3) is 2.86. The van der Waals surface area contributed by atoms with Crippen LogP contribution in [0.15, 0.2) is 17.5 Å². The standard InChI is InChI=1S/C11H11ClN2OS2/c1-2-14(6-8-4-3-5-16-8)11-13-10(12)9(7-15)17-11/h3-5,7H,2,6H2,1H3. The first-order chi connectivity index (χ1) is 8.24. The fourth-order valence-corrected chi connectivity index (χ4v) is 3.26. The molecule has 0 amide bonds. The lowest BCUT2D eigenvalue weighted by molar-refractivity contribution is 0.112. The predicted molar refractivity (Wildman–Crippen MR) is 73.6 cm³/mol. The van der Waals surface area contributed by atoms with E-state index >= 15 is 0 Å². The van der Waals surface area contributed by atoms with Gasteiger partial charge in [-0.25, -0.2) is 4.98 Å². The summed E-state index contributed by atoms with van der Waals surface area (Å²) < 4.78 is 0. The summed E-state index contributed by atoms with van der Waals surface area (Å²) in [4.78, 5) is 18.8. The van der Waals surface area contributed by atoms with E-state index in [1.807, 2.05) is 6.07 Å². The molecule has 0 aliphatic rings. The summed E-state index contributed by atoms with van der Waals surface area (Å²) in [6.45, 7) is 3.69. The van der Waals surface area contributed by atoms with Crippen molar-refractivity contribution in [1.29, 1.82) is 0 Å². The monoisotopic (exact) mass is 286 g/mol. The molecule has 2 heterocycles. The number of hydrogen-bond donors (Lipinski definition) is 0. The van der Waals surface area contributed by atoms with Crippen molar-refractivity contribution in [2.24, 2.45) is 0 Å². The van der Waals surface area contributed by atoms with Crippen molar-refractivity contribution in [1.82, 2.24) is 4.98 Å². The summed E-state index contributed by atoms with van der Waals surface area (Å²) in [6, 6.07) is 4.11. The van der Waals surface area contributed by atoms with Gasteiger partial charge in [0.2, 0.25) is 0 Å². The Morgan fingerprint density at radius 3 is 2.94 bits per heavy atom. The molecule has 17 heavy (non-hydrogen) atoms. The Hall–Kier alpha value is -0.910. The van der Waals surface area contributed by atoms with Crippen LogP contribution >= 0.6 is 34.3 Å². The molecule has 0 aliphatic carbocycles. The number of anilines is 1. The van der Waals surface area contributed by atoms with Crippen molar-refractivity contribution >= 4 is 45.7 Å². The smallest absolute Gasteiger partial charge is 0.187 e. The molecule has 0 aliphatic heterocycles. The zero-order valence-electron chi connectivity index (χ0n) is 9.22. The normalized spacial score (nSPS) is 10.5. The lowest BCUT2D eigenvalue weighted by Gasteiger charge is -2.18. The fourth-order valence-electron chi connectivity index (χ4n) is 1.42. The van der Waals surface area contributed by atoms with Gasteiger partial charge in [0.25, 0.3) is 0 Å². The molecular weight excluding hydrogens is 276 g/mol. The van der Waals surface area contributed by atoms with Crippen LogP contribution in [0.1, 0.15) is 21.5 Å². The second-order valence-corrected chi connectivity index (χ2v) is 5.76. The quantitative estimate of drug-likeness (QED) is 0.786. The Balaban J connectivity index is 2.19. The maximum Gasteiger partial charge on any atom is 0.187 e. The van der Waals surface area contributed by atoms with E-state index in [9.17, 15) is 4.79 Å². The molecular formula is C11H11ClN2OS2. The summed E-state index contributed by atoms with van der Waals surface area (Å²) in [5.74, 6) is 0. The van der Waals surface area contributed by atoms with Crippen molar-refractivity contribution in [3.05, 3.63) is 32.4 Å². The second-order valence-electron chi connectivity index (χ2n) is 3.36. The van der Waals surface area contributed by atoms with E-state index in [1.54, 1.807) is 11.3 Å². The van der Waals surface area contributed by atoms with E-state index in [0.29, 0.717) is 10.0 Å². The number of thiophene rings is 1. The summed E-state index contributed by atoms with van der Waals surface area (Å²) in [5.41, 5.74) is 0. The first-order valence-corrected chi connectivity index (χ1v) is 7.20.